The Labute approximate surface area is 106 Å². The lowest BCUT2D eigenvalue weighted by atomic mass is 9.95. The number of imidazole rings is 1. The maximum atomic E-state index is 5.92. The Morgan fingerprint density at radius 2 is 2.28 bits per heavy atom. The lowest BCUT2D eigenvalue weighted by Crippen LogP contribution is -2.21. The number of rotatable bonds is 1. The van der Waals surface area contributed by atoms with Crippen molar-refractivity contribution in [1.29, 1.82) is 0 Å². The quantitative estimate of drug-likeness (QED) is 0.795. The van der Waals surface area contributed by atoms with E-state index < -0.39 is 0 Å². The van der Waals surface area contributed by atoms with Crippen LogP contribution in [0.4, 0.5) is 5.82 Å². The molecule has 0 aliphatic heterocycles. The molecule has 18 heavy (non-hydrogen) atoms. The van der Waals surface area contributed by atoms with Gasteiger partial charge in [-0.15, -0.1) is 0 Å². The summed E-state index contributed by atoms with van der Waals surface area (Å²) in [5, 5.41) is 0. The van der Waals surface area contributed by atoms with Gasteiger partial charge in [0.1, 0.15) is 17.2 Å². The van der Waals surface area contributed by atoms with Crippen molar-refractivity contribution in [3.8, 4) is 0 Å². The topological polar surface area (TPSA) is 82.2 Å². The lowest BCUT2D eigenvalue weighted by molar-refractivity contribution is 0.612. The van der Waals surface area contributed by atoms with Crippen molar-refractivity contribution in [2.75, 3.05) is 5.73 Å². The third-order valence-corrected chi connectivity index (χ3v) is 3.50. The average molecular weight is 243 g/mol. The molecule has 0 radical (unpaired) electrons. The van der Waals surface area contributed by atoms with Crippen LogP contribution in [-0.4, -0.2) is 20.4 Å². The van der Waals surface area contributed by atoms with Gasteiger partial charge in [-0.3, -0.25) is 4.40 Å². The first-order chi connectivity index (χ1) is 8.66. The van der Waals surface area contributed by atoms with Gasteiger partial charge in [-0.2, -0.15) is 0 Å². The molecule has 0 spiro atoms. The molecule has 3 rings (SSSR count). The number of anilines is 1. The number of hydrogen-bond donors (Lipinski definition) is 2. The van der Waals surface area contributed by atoms with Crippen LogP contribution in [0.3, 0.4) is 0 Å². The first kappa shape index (κ1) is 11.2. The highest BCUT2D eigenvalue weighted by Gasteiger charge is 2.18. The van der Waals surface area contributed by atoms with Crippen LogP contribution < -0.4 is 11.5 Å². The molecule has 2 aromatic rings. The minimum Gasteiger partial charge on any atom is -0.382 e. The van der Waals surface area contributed by atoms with Gasteiger partial charge in [-0.05, 0) is 31.8 Å². The van der Waals surface area contributed by atoms with Crippen LogP contribution >= 0.6 is 0 Å². The van der Waals surface area contributed by atoms with Gasteiger partial charge >= 0.3 is 0 Å². The van der Waals surface area contributed by atoms with Gasteiger partial charge in [0.2, 0.25) is 0 Å². The monoisotopic (exact) mass is 243 g/mol. The molecule has 0 saturated heterocycles. The summed E-state index contributed by atoms with van der Waals surface area (Å²) in [5.74, 6) is 1.50. The van der Waals surface area contributed by atoms with Gasteiger partial charge in [0.25, 0.3) is 0 Å². The first-order valence-corrected chi connectivity index (χ1v) is 6.21. The molecule has 4 N–H and O–H groups in total. The van der Waals surface area contributed by atoms with Crippen molar-refractivity contribution >= 4 is 16.9 Å². The zero-order valence-electron chi connectivity index (χ0n) is 10.4. The number of aryl methyl sites for hydroxylation is 1. The Bertz CT molecular complexity index is 626. The molecule has 0 amide bonds. The molecule has 0 aromatic carbocycles. The van der Waals surface area contributed by atoms with Crippen molar-refractivity contribution in [1.82, 2.24) is 14.4 Å². The van der Waals surface area contributed by atoms with Crippen molar-refractivity contribution in [2.24, 2.45) is 5.73 Å². The highest BCUT2D eigenvalue weighted by molar-refractivity contribution is 5.73. The molecule has 0 fully saturated rings. The molecule has 1 aliphatic carbocycles. The molecule has 1 aliphatic rings. The predicted molar refractivity (Wildman–Crippen MR) is 71.9 cm³/mol. The summed E-state index contributed by atoms with van der Waals surface area (Å²) in [4.78, 5) is 8.75. The van der Waals surface area contributed by atoms with Crippen molar-refractivity contribution in [3.05, 3.63) is 30.0 Å². The Kier molecular flexibility index (Phi) is 2.56. The van der Waals surface area contributed by atoms with Crippen molar-refractivity contribution in [3.63, 3.8) is 0 Å². The fourth-order valence-electron chi connectivity index (χ4n) is 2.53. The molecule has 5 heteroatoms. The van der Waals surface area contributed by atoms with E-state index in [1.807, 2.05) is 17.5 Å². The summed E-state index contributed by atoms with van der Waals surface area (Å²) in [6.45, 7) is 1.96. The van der Waals surface area contributed by atoms with E-state index in [0.717, 1.165) is 36.3 Å². The van der Waals surface area contributed by atoms with Crippen molar-refractivity contribution in [2.45, 2.75) is 32.2 Å². The number of fused-ring (bicyclic) bond motifs is 1. The van der Waals surface area contributed by atoms with Gasteiger partial charge in [0.15, 0.2) is 0 Å². The largest absolute Gasteiger partial charge is 0.382 e. The molecule has 0 saturated carbocycles. The van der Waals surface area contributed by atoms with Crippen LogP contribution in [0.15, 0.2) is 18.5 Å². The van der Waals surface area contributed by atoms with Gasteiger partial charge in [-0.1, -0.05) is 6.08 Å². The van der Waals surface area contributed by atoms with Crippen LogP contribution in [0.1, 0.15) is 30.8 Å². The number of nitrogens with zero attached hydrogens (tertiary/aromatic N) is 3. The standard InChI is InChI=1S/C13H17N5/c1-8-11-12(15)16-6-7-18(11)13(17-8)9-2-4-10(14)5-3-9/h2,6-7,10H,3-5,14H2,1H3,(H2,15,16). The third kappa shape index (κ3) is 1.67. The molecule has 94 valence electrons. The zero-order chi connectivity index (χ0) is 12.7. The number of nitrogen functional groups attached to an aromatic ring is 1. The molecular weight excluding hydrogens is 226 g/mol. The Morgan fingerprint density at radius 1 is 1.44 bits per heavy atom. The summed E-state index contributed by atoms with van der Waals surface area (Å²) in [7, 11) is 0. The molecular formula is C13H17N5. The Morgan fingerprint density at radius 3 is 3.00 bits per heavy atom. The Balaban J connectivity index is 2.16. The predicted octanol–water partition coefficient (Wildman–Crippen LogP) is 1.51. The van der Waals surface area contributed by atoms with E-state index in [0.29, 0.717) is 5.82 Å². The number of hydrogen-bond acceptors (Lipinski definition) is 4. The number of allylic oxidation sites excluding steroid dienone is 1. The van der Waals surface area contributed by atoms with Gasteiger partial charge in [0.05, 0.1) is 5.69 Å². The van der Waals surface area contributed by atoms with Crippen LogP contribution in [-0.2, 0) is 0 Å². The molecule has 5 nitrogen and oxygen atoms in total. The van der Waals surface area contributed by atoms with Crippen LogP contribution in [0.25, 0.3) is 11.1 Å². The van der Waals surface area contributed by atoms with E-state index in [-0.39, 0.29) is 6.04 Å². The van der Waals surface area contributed by atoms with E-state index in [1.165, 1.54) is 5.57 Å². The van der Waals surface area contributed by atoms with E-state index in [2.05, 4.69) is 16.0 Å². The summed E-state index contributed by atoms with van der Waals surface area (Å²) >= 11 is 0. The van der Waals surface area contributed by atoms with Gasteiger partial charge < -0.3 is 11.5 Å². The summed E-state index contributed by atoms with van der Waals surface area (Å²) in [6, 6.07) is 0.285. The highest BCUT2D eigenvalue weighted by atomic mass is 15.1. The van der Waals surface area contributed by atoms with E-state index >= 15 is 0 Å². The fourth-order valence-corrected chi connectivity index (χ4v) is 2.53. The molecule has 1 unspecified atom stereocenters. The van der Waals surface area contributed by atoms with E-state index in [1.54, 1.807) is 6.20 Å². The summed E-state index contributed by atoms with van der Waals surface area (Å²) in [6.07, 6.45) is 8.73. The molecule has 1 atom stereocenters. The third-order valence-electron chi connectivity index (χ3n) is 3.50. The maximum absolute atomic E-state index is 5.92. The fraction of sp³-hybridized carbons (Fsp3) is 0.385. The van der Waals surface area contributed by atoms with Gasteiger partial charge in [0, 0.05) is 18.4 Å². The second kappa shape index (κ2) is 4.10. The lowest BCUT2D eigenvalue weighted by Gasteiger charge is -2.17. The smallest absolute Gasteiger partial charge is 0.149 e. The van der Waals surface area contributed by atoms with Crippen LogP contribution in [0, 0.1) is 6.92 Å². The summed E-state index contributed by atoms with van der Waals surface area (Å²) in [5.41, 5.74) is 14.9. The average Bonchev–Trinajstić information content (AvgIpc) is 2.69. The number of nitrogens with two attached hydrogens (primary N) is 2. The second-order valence-electron chi connectivity index (χ2n) is 4.82. The SMILES string of the molecule is Cc1nc(C2=CCC(N)CC2)n2ccnc(N)c12. The van der Waals surface area contributed by atoms with Crippen LogP contribution in [0.5, 0.6) is 0 Å². The Hall–Kier alpha value is -1.88. The summed E-state index contributed by atoms with van der Waals surface area (Å²) < 4.78 is 2.03. The van der Waals surface area contributed by atoms with E-state index in [9.17, 15) is 0 Å². The van der Waals surface area contributed by atoms with Crippen molar-refractivity contribution < 1.29 is 0 Å². The zero-order valence-corrected chi connectivity index (χ0v) is 10.4. The normalized spacial score (nSPS) is 20.1. The van der Waals surface area contributed by atoms with Gasteiger partial charge in [-0.25, -0.2) is 9.97 Å². The highest BCUT2D eigenvalue weighted by Crippen LogP contribution is 2.28. The van der Waals surface area contributed by atoms with E-state index in [4.69, 9.17) is 11.5 Å². The minimum atomic E-state index is 0.285. The van der Waals surface area contributed by atoms with Crippen LogP contribution in [0.2, 0.25) is 0 Å². The second-order valence-corrected chi connectivity index (χ2v) is 4.82. The first-order valence-electron chi connectivity index (χ1n) is 6.21. The molecule has 2 heterocycles. The minimum absolute atomic E-state index is 0.285. The number of aromatic nitrogens is 3. The molecule has 0 bridgehead atoms. The molecule has 2 aromatic heterocycles. The maximum Gasteiger partial charge on any atom is 0.149 e.